The topological polar surface area (TPSA) is 54.1 Å². The molecule has 0 saturated carbocycles. The number of ether oxygens (including phenoxy) is 2. The number of fused-ring (bicyclic) bond motifs is 3. The van der Waals surface area contributed by atoms with Gasteiger partial charge in [-0.05, 0) is 67.6 Å². The number of aryl methyl sites for hydroxylation is 2. The van der Waals surface area contributed by atoms with Crippen LogP contribution in [0.2, 0.25) is 0 Å². The molecule has 3 heterocycles. The van der Waals surface area contributed by atoms with Crippen molar-refractivity contribution in [2.45, 2.75) is 79.6 Å². The van der Waals surface area contributed by atoms with Crippen molar-refractivity contribution in [1.82, 2.24) is 19.3 Å². The van der Waals surface area contributed by atoms with Crippen LogP contribution in [-0.2, 0) is 33.9 Å². The molecule has 1 aliphatic rings. The molecule has 1 unspecified atom stereocenters. The van der Waals surface area contributed by atoms with Gasteiger partial charge in [-0.2, -0.15) is 16.7 Å². The number of hydrogen-bond acceptors (Lipinski definition) is 4. The van der Waals surface area contributed by atoms with Crippen molar-refractivity contribution >= 4 is 21.8 Å². The Kier molecular flexibility index (Phi) is 10.7. The van der Waals surface area contributed by atoms with Crippen molar-refractivity contribution < 1.29 is 30.5 Å². The Bertz CT molecular complexity index is 2180. The van der Waals surface area contributed by atoms with E-state index in [-0.39, 0.29) is 21.1 Å². The fourth-order valence-electron chi connectivity index (χ4n) is 7.99. The maximum absolute atomic E-state index is 6.59. The van der Waals surface area contributed by atoms with Crippen LogP contribution in [0.4, 0.5) is 0 Å². The molecular formula is C43H46N4O2Pt. The van der Waals surface area contributed by atoms with E-state index in [0.717, 1.165) is 70.3 Å². The summed E-state index contributed by atoms with van der Waals surface area (Å²) in [5.41, 5.74) is 9.35. The second kappa shape index (κ2) is 15.0. The van der Waals surface area contributed by atoms with Crippen LogP contribution in [0.1, 0.15) is 82.3 Å². The van der Waals surface area contributed by atoms with Gasteiger partial charge in [0.1, 0.15) is 11.6 Å². The van der Waals surface area contributed by atoms with Crippen molar-refractivity contribution in [2.75, 3.05) is 7.11 Å². The number of methoxy groups -OCH3 is 1. The van der Waals surface area contributed by atoms with Gasteiger partial charge in [0.2, 0.25) is 0 Å². The largest absolute Gasteiger partial charge is 2.00 e. The summed E-state index contributed by atoms with van der Waals surface area (Å²) in [4.78, 5) is 4.70. The molecule has 3 atom stereocenters. The van der Waals surface area contributed by atoms with Crippen LogP contribution in [0, 0.1) is 30.9 Å². The third-order valence-electron chi connectivity index (χ3n) is 10.0. The maximum Gasteiger partial charge on any atom is 2.00 e. The molecule has 3 aromatic heterocycles. The number of unbranched alkanes of at least 4 members (excludes halogenated alkanes) is 1. The van der Waals surface area contributed by atoms with Crippen molar-refractivity contribution in [3.63, 3.8) is 0 Å². The first-order valence-electron chi connectivity index (χ1n) is 17.8. The molecule has 6 nitrogen and oxygen atoms in total. The summed E-state index contributed by atoms with van der Waals surface area (Å²) in [6.07, 6.45) is 9.57. The third-order valence-corrected chi connectivity index (χ3v) is 10.0. The predicted octanol–water partition coefficient (Wildman–Crippen LogP) is 10.7. The molecular weight excluding hydrogens is 800 g/mol. The number of nitrogens with zero attached hydrogens (tertiary/aromatic N) is 4. The standard InChI is InChI=1S/C43H46N4O2.Pt/c1-8-10-14-39-43(42-29(5)20-27(3)21-30(42)6)37(9-2)45-47(39)31-22-28(4)23-34(24-31)49-33-16-17-36-35-13-11-12-15-38(35)46(40(36)25-33)41-26-32(48-7)18-19-44-41;/h11-13,15-20,22-23,26-27,30,42H,8-10,14,21H2,1-7H3;/q-2;+2/t27-,30-,42?;/m0./s1. The van der Waals surface area contributed by atoms with E-state index in [2.05, 4.69) is 99.3 Å². The molecule has 0 N–H and O–H groups in total. The van der Waals surface area contributed by atoms with E-state index >= 15 is 0 Å². The number of pyridine rings is 1. The number of para-hydroxylation sites is 1. The molecule has 0 amide bonds. The average Bonchev–Trinajstić information content (AvgIpc) is 3.62. The first-order chi connectivity index (χ1) is 23.8. The van der Waals surface area contributed by atoms with E-state index in [1.54, 1.807) is 13.3 Å². The van der Waals surface area contributed by atoms with Gasteiger partial charge in [-0.25, -0.2) is 4.98 Å². The molecule has 7 heteroatoms. The molecule has 260 valence electrons. The Hall–Kier alpha value is -4.15. The van der Waals surface area contributed by atoms with Crippen LogP contribution in [0.3, 0.4) is 0 Å². The number of rotatable bonds is 10. The Morgan fingerprint density at radius 3 is 2.52 bits per heavy atom. The van der Waals surface area contributed by atoms with E-state index in [9.17, 15) is 0 Å². The molecule has 0 radical (unpaired) electrons. The van der Waals surface area contributed by atoms with Gasteiger partial charge in [0, 0.05) is 46.5 Å². The fourth-order valence-corrected chi connectivity index (χ4v) is 7.99. The minimum Gasteiger partial charge on any atom is -0.509 e. The van der Waals surface area contributed by atoms with Gasteiger partial charge < -0.3 is 14.0 Å². The summed E-state index contributed by atoms with van der Waals surface area (Å²) in [6, 6.07) is 27.6. The van der Waals surface area contributed by atoms with Crippen molar-refractivity contribution in [3.8, 4) is 28.8 Å². The smallest absolute Gasteiger partial charge is 0.509 e. The number of hydrogen-bond donors (Lipinski definition) is 0. The summed E-state index contributed by atoms with van der Waals surface area (Å²) in [7, 11) is 1.67. The second-order valence-corrected chi connectivity index (χ2v) is 13.8. The van der Waals surface area contributed by atoms with E-state index in [4.69, 9.17) is 19.6 Å². The monoisotopic (exact) mass is 845 g/mol. The second-order valence-electron chi connectivity index (χ2n) is 13.8. The average molecular weight is 846 g/mol. The normalized spacial score (nSPS) is 17.5. The van der Waals surface area contributed by atoms with Gasteiger partial charge in [-0.3, -0.25) is 4.68 Å². The number of benzene rings is 3. The quantitative estimate of drug-likeness (QED) is 0.102. The van der Waals surface area contributed by atoms with Gasteiger partial charge in [-0.1, -0.05) is 76.4 Å². The molecule has 0 aliphatic heterocycles. The minimum atomic E-state index is 0. The van der Waals surface area contributed by atoms with Crippen LogP contribution >= 0.6 is 0 Å². The summed E-state index contributed by atoms with van der Waals surface area (Å²) >= 11 is 0. The number of allylic oxidation sites excluding steroid dienone is 2. The van der Waals surface area contributed by atoms with Gasteiger partial charge in [0.05, 0.1) is 12.8 Å². The van der Waals surface area contributed by atoms with Crippen molar-refractivity contribution in [2.24, 2.45) is 11.8 Å². The Morgan fingerprint density at radius 2 is 1.76 bits per heavy atom. The zero-order chi connectivity index (χ0) is 34.2. The summed E-state index contributed by atoms with van der Waals surface area (Å²) in [5.74, 6) is 4.32. The number of aromatic nitrogens is 4. The molecule has 1 aliphatic carbocycles. The van der Waals surface area contributed by atoms with Crippen LogP contribution < -0.4 is 9.47 Å². The molecule has 3 aromatic carbocycles. The van der Waals surface area contributed by atoms with E-state index in [0.29, 0.717) is 29.3 Å². The Morgan fingerprint density at radius 1 is 0.940 bits per heavy atom. The van der Waals surface area contributed by atoms with Crippen molar-refractivity contribution in [3.05, 3.63) is 113 Å². The summed E-state index contributed by atoms with van der Waals surface area (Å²) < 4.78 is 16.4. The predicted molar refractivity (Wildman–Crippen MR) is 199 cm³/mol. The Labute approximate surface area is 310 Å². The summed E-state index contributed by atoms with van der Waals surface area (Å²) in [5, 5.41) is 7.51. The van der Waals surface area contributed by atoms with Gasteiger partial charge in [0.15, 0.2) is 0 Å². The molecule has 6 aromatic rings. The van der Waals surface area contributed by atoms with Crippen LogP contribution in [0.25, 0.3) is 33.3 Å². The SMILES string of the molecule is CCCCc1c(C2C(C)=C[C@H](C)C[C@@H]2C)c(CC)nn1-c1[c-]c(Oc2[c-]c3c(cc2)c2ccccc2n3-c2cc(OC)ccn2)cc(C)c1.[Pt+2]. The molecule has 0 bridgehead atoms. The summed E-state index contributed by atoms with van der Waals surface area (Å²) in [6.45, 7) is 13.7. The molecule has 0 saturated heterocycles. The van der Waals surface area contributed by atoms with Gasteiger partial charge in [0.25, 0.3) is 0 Å². The fraction of sp³-hybridized carbons (Fsp3) is 0.349. The van der Waals surface area contributed by atoms with Crippen molar-refractivity contribution in [1.29, 1.82) is 0 Å². The maximum atomic E-state index is 6.59. The van der Waals surface area contributed by atoms with Gasteiger partial charge >= 0.3 is 21.1 Å². The first-order valence-corrected chi connectivity index (χ1v) is 17.8. The van der Waals surface area contributed by atoms with E-state index < -0.39 is 0 Å². The van der Waals surface area contributed by atoms with Crippen LogP contribution in [-0.4, -0.2) is 26.4 Å². The zero-order valence-corrected chi connectivity index (χ0v) is 32.4. The third kappa shape index (κ3) is 6.67. The zero-order valence-electron chi connectivity index (χ0n) is 30.1. The molecule has 7 rings (SSSR count). The molecule has 0 spiro atoms. The first kappa shape index (κ1) is 35.7. The molecule has 50 heavy (non-hydrogen) atoms. The van der Waals surface area contributed by atoms with Gasteiger partial charge in [-0.15, -0.1) is 35.7 Å². The van der Waals surface area contributed by atoms with Crippen LogP contribution in [0.5, 0.6) is 17.2 Å². The van der Waals surface area contributed by atoms with E-state index in [1.807, 2.05) is 30.3 Å². The minimum absolute atomic E-state index is 0. The van der Waals surface area contributed by atoms with Crippen LogP contribution in [0.15, 0.2) is 78.5 Å². The Balaban J connectivity index is 0.00000432. The van der Waals surface area contributed by atoms with E-state index in [1.165, 1.54) is 28.9 Å². The molecule has 0 fully saturated rings.